The molecule has 126 valence electrons. The van der Waals surface area contributed by atoms with Gasteiger partial charge in [-0.15, -0.1) is 0 Å². The molecule has 0 aliphatic rings. The van der Waals surface area contributed by atoms with E-state index in [1.54, 1.807) is 33.0 Å². The van der Waals surface area contributed by atoms with Gasteiger partial charge < -0.3 is 4.74 Å². The molecule has 6 heteroatoms. The van der Waals surface area contributed by atoms with E-state index in [0.29, 0.717) is 10.9 Å². The van der Waals surface area contributed by atoms with Crippen LogP contribution in [-0.2, 0) is 4.74 Å². The second kappa shape index (κ2) is 5.17. The number of nitrogens with zero attached hydrogens (tertiary/aromatic N) is 2. The number of ether oxygens (including phenoxy) is 1. The Kier molecular flexibility index (Phi) is 3.18. The van der Waals surface area contributed by atoms with Crippen molar-refractivity contribution in [1.82, 2.24) is 14.8 Å². The van der Waals surface area contributed by atoms with E-state index in [1.165, 1.54) is 0 Å². The zero-order valence-corrected chi connectivity index (χ0v) is 14.2. The van der Waals surface area contributed by atoms with E-state index in [4.69, 9.17) is 4.74 Å². The lowest BCUT2D eigenvalue weighted by Gasteiger charge is -2.19. The van der Waals surface area contributed by atoms with Gasteiger partial charge in [0.2, 0.25) is 0 Å². The fourth-order valence-corrected chi connectivity index (χ4v) is 3.03. The molecule has 0 aliphatic heterocycles. The lowest BCUT2D eigenvalue weighted by atomic mass is 10.0. The maximum Gasteiger partial charge on any atom is 0.434 e. The number of benzene rings is 2. The molecule has 0 fully saturated rings. The van der Waals surface area contributed by atoms with Crippen LogP contribution in [0.4, 0.5) is 4.79 Å². The maximum absolute atomic E-state index is 12.5. The zero-order valence-electron chi connectivity index (χ0n) is 14.2. The molecule has 2 aromatic carbocycles. The summed E-state index contributed by atoms with van der Waals surface area (Å²) < 4.78 is 6.53. The molecule has 2 heterocycles. The van der Waals surface area contributed by atoms with E-state index in [2.05, 4.69) is 10.1 Å². The van der Waals surface area contributed by atoms with Gasteiger partial charge in [-0.2, -0.15) is 4.68 Å². The molecule has 1 N–H and O–H groups in total. The van der Waals surface area contributed by atoms with E-state index in [9.17, 15) is 9.59 Å². The summed E-state index contributed by atoms with van der Waals surface area (Å²) in [6, 6.07) is 11.3. The molecule has 6 nitrogen and oxygen atoms in total. The normalized spacial score (nSPS) is 12.1. The van der Waals surface area contributed by atoms with Crippen molar-refractivity contribution < 1.29 is 9.53 Å². The molecule has 2 aromatic heterocycles. The van der Waals surface area contributed by atoms with Gasteiger partial charge in [0.05, 0.1) is 16.4 Å². The van der Waals surface area contributed by atoms with Crippen LogP contribution in [0, 0.1) is 0 Å². The van der Waals surface area contributed by atoms with Crippen LogP contribution in [0.1, 0.15) is 20.8 Å². The highest BCUT2D eigenvalue weighted by molar-refractivity contribution is 6.15. The fourth-order valence-electron chi connectivity index (χ4n) is 3.03. The Morgan fingerprint density at radius 1 is 1.12 bits per heavy atom. The van der Waals surface area contributed by atoms with Crippen molar-refractivity contribution >= 4 is 38.7 Å². The summed E-state index contributed by atoms with van der Waals surface area (Å²) in [7, 11) is 0. The second-order valence-electron chi connectivity index (χ2n) is 6.95. The van der Waals surface area contributed by atoms with Gasteiger partial charge in [0.15, 0.2) is 0 Å². The molecule has 25 heavy (non-hydrogen) atoms. The lowest BCUT2D eigenvalue weighted by molar-refractivity contribution is 0.0522. The third kappa shape index (κ3) is 2.46. The minimum absolute atomic E-state index is 0.332. The van der Waals surface area contributed by atoms with Crippen LogP contribution in [0.2, 0.25) is 0 Å². The summed E-state index contributed by atoms with van der Waals surface area (Å²) in [5.74, 6) is 0. The van der Waals surface area contributed by atoms with Gasteiger partial charge in [0.25, 0.3) is 5.56 Å². The number of nitrogens with one attached hydrogen (secondary N) is 1. The Hall–Kier alpha value is -3.15. The van der Waals surface area contributed by atoms with Crippen LogP contribution in [0.3, 0.4) is 0 Å². The molecular formula is C19H17N3O3. The van der Waals surface area contributed by atoms with Gasteiger partial charge >= 0.3 is 6.09 Å². The van der Waals surface area contributed by atoms with Crippen LogP contribution < -0.4 is 5.56 Å². The van der Waals surface area contributed by atoms with Crippen LogP contribution in [0.25, 0.3) is 32.6 Å². The number of rotatable bonds is 0. The van der Waals surface area contributed by atoms with E-state index >= 15 is 0 Å². The SMILES string of the molecule is CC(C)(C)OC(=O)n1[nH]c(=O)c2c3ccc4cccnc4c3ccc21. The third-order valence-electron chi connectivity index (χ3n) is 4.00. The fraction of sp³-hybridized carbons (Fsp3) is 0.211. The van der Waals surface area contributed by atoms with E-state index in [0.717, 1.165) is 26.4 Å². The minimum Gasteiger partial charge on any atom is -0.442 e. The number of aromatic nitrogens is 3. The Labute approximate surface area is 143 Å². The number of hydrogen-bond acceptors (Lipinski definition) is 4. The Morgan fingerprint density at radius 3 is 2.64 bits per heavy atom. The molecule has 0 atom stereocenters. The standard InChI is InChI=1S/C19H17N3O3/c1-19(2,3)25-18(24)22-14-9-8-13-12(15(14)17(23)21-22)7-6-11-5-4-10-20-16(11)13/h4-10H,1-3H3,(H,21,23). The summed E-state index contributed by atoms with van der Waals surface area (Å²) in [6.07, 6.45) is 1.11. The highest BCUT2D eigenvalue weighted by Crippen LogP contribution is 2.28. The van der Waals surface area contributed by atoms with Crippen LogP contribution in [-0.4, -0.2) is 26.5 Å². The average molecular weight is 335 g/mol. The third-order valence-corrected chi connectivity index (χ3v) is 4.00. The quantitative estimate of drug-likeness (QED) is 0.496. The van der Waals surface area contributed by atoms with Crippen molar-refractivity contribution in [1.29, 1.82) is 0 Å². The highest BCUT2D eigenvalue weighted by atomic mass is 16.6. The Balaban J connectivity index is 2.02. The van der Waals surface area contributed by atoms with Crippen molar-refractivity contribution in [3.63, 3.8) is 0 Å². The second-order valence-corrected chi connectivity index (χ2v) is 6.95. The van der Waals surface area contributed by atoms with Gasteiger partial charge in [0.1, 0.15) is 5.60 Å². The molecule has 4 rings (SSSR count). The lowest BCUT2D eigenvalue weighted by Crippen LogP contribution is -2.28. The summed E-state index contributed by atoms with van der Waals surface area (Å²) in [5, 5.41) is 5.66. The molecule has 0 spiro atoms. The summed E-state index contributed by atoms with van der Waals surface area (Å²) in [5.41, 5.74) is 0.330. The maximum atomic E-state index is 12.5. The van der Waals surface area contributed by atoms with E-state index < -0.39 is 11.7 Å². The first-order chi connectivity index (χ1) is 11.8. The minimum atomic E-state index is -0.651. The molecule has 0 unspecified atom stereocenters. The number of aromatic amines is 1. The average Bonchev–Trinajstić information content (AvgIpc) is 2.90. The van der Waals surface area contributed by atoms with Gasteiger partial charge in [-0.25, -0.2) is 4.79 Å². The van der Waals surface area contributed by atoms with Crippen molar-refractivity contribution in [3.05, 3.63) is 52.9 Å². The Bertz CT molecular complexity index is 1200. The topological polar surface area (TPSA) is 77.0 Å². The van der Waals surface area contributed by atoms with Crippen molar-refractivity contribution in [2.45, 2.75) is 26.4 Å². The highest BCUT2D eigenvalue weighted by Gasteiger charge is 2.21. The van der Waals surface area contributed by atoms with Crippen LogP contribution >= 0.6 is 0 Å². The zero-order chi connectivity index (χ0) is 17.8. The monoisotopic (exact) mass is 335 g/mol. The largest absolute Gasteiger partial charge is 0.442 e. The molecule has 0 radical (unpaired) electrons. The first-order valence-electron chi connectivity index (χ1n) is 8.00. The number of carbonyl (C=O) groups is 1. The van der Waals surface area contributed by atoms with E-state index in [1.807, 2.05) is 30.3 Å². The van der Waals surface area contributed by atoms with Crippen LogP contribution in [0.15, 0.2) is 47.4 Å². The van der Waals surface area contributed by atoms with Gasteiger partial charge in [0, 0.05) is 17.0 Å². The molecule has 0 aliphatic carbocycles. The number of fused-ring (bicyclic) bond motifs is 5. The number of pyridine rings is 1. The number of hydrogen-bond donors (Lipinski definition) is 1. The summed E-state index contributed by atoms with van der Waals surface area (Å²) in [6.45, 7) is 5.34. The smallest absolute Gasteiger partial charge is 0.434 e. The summed E-state index contributed by atoms with van der Waals surface area (Å²) in [4.78, 5) is 29.3. The van der Waals surface area contributed by atoms with Gasteiger partial charge in [-0.3, -0.25) is 14.9 Å². The summed E-state index contributed by atoms with van der Waals surface area (Å²) >= 11 is 0. The Morgan fingerprint density at radius 2 is 1.88 bits per heavy atom. The molecule has 0 amide bonds. The molecular weight excluding hydrogens is 318 g/mol. The molecule has 0 saturated carbocycles. The van der Waals surface area contributed by atoms with Crippen molar-refractivity contribution in [2.24, 2.45) is 0 Å². The van der Waals surface area contributed by atoms with Gasteiger partial charge in [-0.1, -0.05) is 18.2 Å². The first-order valence-corrected chi connectivity index (χ1v) is 8.00. The van der Waals surface area contributed by atoms with Crippen molar-refractivity contribution in [2.75, 3.05) is 0 Å². The number of carbonyl (C=O) groups excluding carboxylic acids is 1. The number of H-pyrrole nitrogens is 1. The van der Waals surface area contributed by atoms with Crippen LogP contribution in [0.5, 0.6) is 0 Å². The molecule has 4 aromatic rings. The van der Waals surface area contributed by atoms with Crippen molar-refractivity contribution in [3.8, 4) is 0 Å². The predicted molar refractivity (Wildman–Crippen MR) is 97.0 cm³/mol. The first kappa shape index (κ1) is 15.4. The predicted octanol–water partition coefficient (Wildman–Crippen LogP) is 3.81. The molecule has 0 saturated heterocycles. The molecule has 0 bridgehead atoms. The van der Waals surface area contributed by atoms with E-state index in [-0.39, 0.29) is 5.56 Å². The van der Waals surface area contributed by atoms with Gasteiger partial charge in [-0.05, 0) is 44.4 Å².